The average molecular weight is 280 g/mol. The zero-order valence-corrected chi connectivity index (χ0v) is 11.4. The molecule has 0 atom stereocenters. The molecule has 102 valence electrons. The molecule has 3 N–H and O–H groups in total. The lowest BCUT2D eigenvalue weighted by molar-refractivity contribution is 0.598. The topological polar surface area (TPSA) is 86.9 Å². The van der Waals surface area contributed by atoms with Gasteiger partial charge in [0, 0.05) is 6.54 Å². The quantitative estimate of drug-likeness (QED) is 0.745. The van der Waals surface area contributed by atoms with Crippen LogP contribution in [0.25, 0.3) is 0 Å². The van der Waals surface area contributed by atoms with E-state index in [9.17, 15) is 8.42 Å². The minimum Gasteiger partial charge on any atom is -0.334 e. The summed E-state index contributed by atoms with van der Waals surface area (Å²) in [4.78, 5) is 6.30. The first-order chi connectivity index (χ1) is 9.13. The molecule has 0 aliphatic rings. The van der Waals surface area contributed by atoms with E-state index in [1.807, 2.05) is 19.1 Å². The highest BCUT2D eigenvalue weighted by atomic mass is 32.2. The van der Waals surface area contributed by atoms with Gasteiger partial charge in [0.15, 0.2) is 5.03 Å². The van der Waals surface area contributed by atoms with E-state index in [0.717, 1.165) is 12.1 Å². The van der Waals surface area contributed by atoms with Gasteiger partial charge >= 0.3 is 0 Å². The first-order valence-electron chi connectivity index (χ1n) is 5.93. The van der Waals surface area contributed by atoms with Gasteiger partial charge in [-0.3, -0.25) is 4.72 Å². The van der Waals surface area contributed by atoms with Gasteiger partial charge in [-0.2, -0.15) is 8.42 Å². The summed E-state index contributed by atoms with van der Waals surface area (Å²) in [5.41, 5.74) is 1.46. The number of imidazole rings is 1. The zero-order chi connectivity index (χ0) is 13.7. The van der Waals surface area contributed by atoms with Crippen LogP contribution in [0.2, 0.25) is 0 Å². The van der Waals surface area contributed by atoms with Crippen LogP contribution in [0.4, 0.5) is 5.69 Å². The van der Waals surface area contributed by atoms with Crippen LogP contribution in [0.3, 0.4) is 0 Å². The summed E-state index contributed by atoms with van der Waals surface area (Å²) in [5, 5.41) is 3.22. The lowest BCUT2D eigenvalue weighted by Gasteiger charge is -2.11. The third-order valence-electron chi connectivity index (χ3n) is 2.59. The van der Waals surface area contributed by atoms with E-state index in [1.165, 1.54) is 12.5 Å². The summed E-state index contributed by atoms with van der Waals surface area (Å²) in [7, 11) is -3.61. The summed E-state index contributed by atoms with van der Waals surface area (Å²) >= 11 is 0. The number of nitrogens with zero attached hydrogens (tertiary/aromatic N) is 1. The molecule has 0 saturated heterocycles. The Hall–Kier alpha value is -1.86. The molecule has 6 nitrogen and oxygen atoms in total. The number of hydrogen-bond donors (Lipinski definition) is 3. The van der Waals surface area contributed by atoms with Gasteiger partial charge in [0.1, 0.15) is 0 Å². The number of rotatable bonds is 6. The second-order valence-electron chi connectivity index (χ2n) is 3.96. The molecule has 2 rings (SSSR count). The van der Waals surface area contributed by atoms with Gasteiger partial charge in [-0.1, -0.05) is 25.1 Å². The molecular weight excluding hydrogens is 264 g/mol. The molecule has 7 heteroatoms. The van der Waals surface area contributed by atoms with Crippen molar-refractivity contribution < 1.29 is 8.42 Å². The maximum absolute atomic E-state index is 12.1. The monoisotopic (exact) mass is 280 g/mol. The van der Waals surface area contributed by atoms with Gasteiger partial charge in [-0.05, 0) is 18.2 Å². The molecule has 0 spiro atoms. The molecule has 2 aromatic rings. The smallest absolute Gasteiger partial charge is 0.278 e. The minimum absolute atomic E-state index is 0.0470. The lowest BCUT2D eigenvalue weighted by atomic mass is 10.2. The second-order valence-corrected chi connectivity index (χ2v) is 5.61. The van der Waals surface area contributed by atoms with Gasteiger partial charge in [-0.25, -0.2) is 4.98 Å². The van der Waals surface area contributed by atoms with Crippen LogP contribution in [-0.4, -0.2) is 24.9 Å². The van der Waals surface area contributed by atoms with Crippen molar-refractivity contribution in [2.24, 2.45) is 0 Å². The van der Waals surface area contributed by atoms with Gasteiger partial charge < -0.3 is 10.3 Å². The van der Waals surface area contributed by atoms with Gasteiger partial charge in [0.2, 0.25) is 0 Å². The SMILES string of the molecule is CCNCc1ccccc1NS(=O)(=O)c1cnc[nH]1. The summed E-state index contributed by atoms with van der Waals surface area (Å²) in [6.07, 6.45) is 2.61. The highest BCUT2D eigenvalue weighted by Gasteiger charge is 2.16. The predicted octanol–water partition coefficient (Wildman–Crippen LogP) is 1.32. The predicted molar refractivity (Wildman–Crippen MR) is 73.2 cm³/mol. The van der Waals surface area contributed by atoms with E-state index in [2.05, 4.69) is 20.0 Å². The van der Waals surface area contributed by atoms with Crippen LogP contribution in [0, 0.1) is 0 Å². The van der Waals surface area contributed by atoms with Gasteiger partial charge in [0.25, 0.3) is 10.0 Å². The molecular formula is C12H16N4O2S. The van der Waals surface area contributed by atoms with Crippen molar-refractivity contribution in [2.45, 2.75) is 18.5 Å². The van der Waals surface area contributed by atoms with E-state index in [4.69, 9.17) is 0 Å². The Morgan fingerprint density at radius 3 is 2.79 bits per heavy atom. The Kier molecular flexibility index (Phi) is 4.18. The molecule has 1 aromatic heterocycles. The fraction of sp³-hybridized carbons (Fsp3) is 0.250. The Bertz CT molecular complexity index is 623. The van der Waals surface area contributed by atoms with Crippen molar-refractivity contribution in [1.82, 2.24) is 15.3 Å². The second kappa shape index (κ2) is 5.85. The third-order valence-corrected chi connectivity index (χ3v) is 3.88. The standard InChI is InChI=1S/C12H16N4O2S/c1-2-13-7-10-5-3-4-6-11(10)16-19(17,18)12-8-14-9-15-12/h3-6,8-9,13,16H,2,7H2,1H3,(H,14,15). The Labute approximate surface area is 112 Å². The Morgan fingerprint density at radius 2 is 2.11 bits per heavy atom. The normalized spacial score (nSPS) is 11.4. The number of hydrogen-bond acceptors (Lipinski definition) is 4. The molecule has 0 aliphatic heterocycles. The number of aromatic nitrogens is 2. The fourth-order valence-electron chi connectivity index (χ4n) is 1.62. The van der Waals surface area contributed by atoms with Crippen LogP contribution in [0.5, 0.6) is 0 Å². The number of para-hydroxylation sites is 1. The summed E-state index contributed by atoms with van der Waals surface area (Å²) in [5.74, 6) is 0. The molecule has 19 heavy (non-hydrogen) atoms. The lowest BCUT2D eigenvalue weighted by Crippen LogP contribution is -2.17. The van der Waals surface area contributed by atoms with Crippen molar-refractivity contribution >= 4 is 15.7 Å². The summed E-state index contributed by atoms with van der Waals surface area (Å²) in [6.45, 7) is 3.43. The minimum atomic E-state index is -3.61. The third kappa shape index (κ3) is 3.33. The van der Waals surface area contributed by atoms with E-state index in [0.29, 0.717) is 12.2 Å². The van der Waals surface area contributed by atoms with Crippen LogP contribution < -0.4 is 10.0 Å². The maximum Gasteiger partial charge on any atom is 0.278 e. The van der Waals surface area contributed by atoms with Crippen molar-refractivity contribution in [3.05, 3.63) is 42.4 Å². The summed E-state index contributed by atoms with van der Waals surface area (Å²) < 4.78 is 26.7. The number of anilines is 1. The molecule has 0 amide bonds. The van der Waals surface area contributed by atoms with Crippen LogP contribution in [0.15, 0.2) is 41.8 Å². The van der Waals surface area contributed by atoms with E-state index in [-0.39, 0.29) is 5.03 Å². The highest BCUT2D eigenvalue weighted by molar-refractivity contribution is 7.92. The zero-order valence-electron chi connectivity index (χ0n) is 10.6. The molecule has 1 heterocycles. The molecule has 1 aromatic carbocycles. The number of nitrogens with one attached hydrogen (secondary N) is 3. The molecule has 0 aliphatic carbocycles. The maximum atomic E-state index is 12.1. The van der Waals surface area contributed by atoms with Gasteiger partial charge in [-0.15, -0.1) is 0 Å². The van der Waals surface area contributed by atoms with Crippen molar-refractivity contribution in [3.63, 3.8) is 0 Å². The fourth-order valence-corrected chi connectivity index (χ4v) is 2.63. The largest absolute Gasteiger partial charge is 0.334 e. The van der Waals surface area contributed by atoms with Crippen molar-refractivity contribution in [2.75, 3.05) is 11.3 Å². The van der Waals surface area contributed by atoms with Crippen LogP contribution in [0.1, 0.15) is 12.5 Å². The Balaban J connectivity index is 2.24. The number of sulfonamides is 1. The van der Waals surface area contributed by atoms with Crippen molar-refractivity contribution in [3.8, 4) is 0 Å². The molecule has 0 fully saturated rings. The first-order valence-corrected chi connectivity index (χ1v) is 7.41. The van der Waals surface area contributed by atoms with E-state index >= 15 is 0 Å². The van der Waals surface area contributed by atoms with Crippen molar-refractivity contribution in [1.29, 1.82) is 0 Å². The Morgan fingerprint density at radius 1 is 1.32 bits per heavy atom. The molecule has 0 bridgehead atoms. The van der Waals surface area contributed by atoms with Crippen LogP contribution >= 0.6 is 0 Å². The average Bonchev–Trinajstić information content (AvgIpc) is 2.92. The summed E-state index contributed by atoms with van der Waals surface area (Å²) in [6, 6.07) is 7.29. The van der Waals surface area contributed by atoms with Crippen LogP contribution in [-0.2, 0) is 16.6 Å². The van der Waals surface area contributed by atoms with Gasteiger partial charge in [0.05, 0.1) is 18.2 Å². The highest BCUT2D eigenvalue weighted by Crippen LogP contribution is 2.18. The number of benzene rings is 1. The number of H-pyrrole nitrogens is 1. The van der Waals surface area contributed by atoms with E-state index < -0.39 is 10.0 Å². The van der Waals surface area contributed by atoms with E-state index in [1.54, 1.807) is 12.1 Å². The molecule has 0 radical (unpaired) electrons. The first kappa shape index (κ1) is 13.6. The molecule has 0 unspecified atom stereocenters. The number of aromatic amines is 1. The molecule has 0 saturated carbocycles.